The van der Waals surface area contributed by atoms with Crippen molar-refractivity contribution in [2.75, 3.05) is 6.61 Å². The zero-order valence-corrected chi connectivity index (χ0v) is 13.5. The summed E-state index contributed by atoms with van der Waals surface area (Å²) in [5.41, 5.74) is 2.03. The minimum atomic E-state index is -1.01. The third-order valence-corrected chi connectivity index (χ3v) is 3.83. The van der Waals surface area contributed by atoms with Gasteiger partial charge in [-0.3, -0.25) is 4.79 Å². The van der Waals surface area contributed by atoms with Crippen LogP contribution >= 0.6 is 0 Å². The highest BCUT2D eigenvalue weighted by molar-refractivity contribution is 5.82. The zero-order valence-electron chi connectivity index (χ0n) is 13.5. The molecule has 2 rings (SSSR count). The summed E-state index contributed by atoms with van der Waals surface area (Å²) in [5, 5.41) is 11.7. The number of carboxylic acids is 1. The number of rotatable bonds is 7. The van der Waals surface area contributed by atoms with Crippen LogP contribution in [0.4, 0.5) is 0 Å². The van der Waals surface area contributed by atoms with E-state index in [1.165, 1.54) is 0 Å². The van der Waals surface area contributed by atoms with E-state index in [4.69, 9.17) is 14.6 Å². The van der Waals surface area contributed by atoms with Crippen LogP contribution in [0.15, 0.2) is 18.2 Å². The predicted octanol–water partition coefficient (Wildman–Crippen LogP) is 2.03. The number of nitrogens with one attached hydrogen (secondary N) is 1. The Morgan fingerprint density at radius 2 is 2.09 bits per heavy atom. The number of ether oxygens (including phenoxy) is 2. The molecule has 0 radical (unpaired) electrons. The molecule has 1 aliphatic heterocycles. The molecule has 0 aromatic heterocycles. The van der Waals surface area contributed by atoms with Gasteiger partial charge in [0.1, 0.15) is 11.9 Å². The van der Waals surface area contributed by atoms with Crippen LogP contribution in [-0.4, -0.2) is 35.8 Å². The molecule has 1 fully saturated rings. The highest BCUT2D eigenvalue weighted by Crippen LogP contribution is 2.21. The molecule has 0 saturated carbocycles. The van der Waals surface area contributed by atoms with Crippen molar-refractivity contribution >= 4 is 11.9 Å². The lowest BCUT2D eigenvalue weighted by atomic mass is 10.1. The van der Waals surface area contributed by atoms with E-state index in [0.717, 1.165) is 23.3 Å². The van der Waals surface area contributed by atoms with Gasteiger partial charge < -0.3 is 19.9 Å². The molecule has 0 spiro atoms. The van der Waals surface area contributed by atoms with Crippen LogP contribution in [0.5, 0.6) is 5.75 Å². The summed E-state index contributed by atoms with van der Waals surface area (Å²) in [5.74, 6) is -0.457. The maximum atomic E-state index is 12.1. The molecular formula is C17H23NO5. The van der Waals surface area contributed by atoms with Gasteiger partial charge in [0.05, 0.1) is 6.61 Å². The molecule has 1 saturated heterocycles. The van der Waals surface area contributed by atoms with Crippen molar-refractivity contribution in [3.8, 4) is 5.75 Å². The van der Waals surface area contributed by atoms with E-state index in [-0.39, 0.29) is 5.91 Å². The molecule has 6 nitrogen and oxygen atoms in total. The minimum absolute atomic E-state index is 0.264. The van der Waals surface area contributed by atoms with Gasteiger partial charge in [-0.15, -0.1) is 0 Å². The van der Waals surface area contributed by atoms with Crippen molar-refractivity contribution < 1.29 is 24.2 Å². The van der Waals surface area contributed by atoms with Gasteiger partial charge in [0.25, 0.3) is 0 Å². The van der Waals surface area contributed by atoms with Gasteiger partial charge >= 0.3 is 5.97 Å². The Bertz CT molecular complexity index is 572. The molecule has 6 heteroatoms. The summed E-state index contributed by atoms with van der Waals surface area (Å²) in [7, 11) is 0. The van der Waals surface area contributed by atoms with Crippen LogP contribution < -0.4 is 10.1 Å². The predicted molar refractivity (Wildman–Crippen MR) is 84.3 cm³/mol. The molecule has 1 amide bonds. The SMILES string of the molecule is CCCOc1ccc(CNC(=O)[C@@H]2CC[C@H](C(=O)O)O2)c(C)c1. The highest BCUT2D eigenvalue weighted by atomic mass is 16.5. The van der Waals surface area contributed by atoms with Crippen LogP contribution in [0.25, 0.3) is 0 Å². The second-order valence-corrected chi connectivity index (χ2v) is 5.68. The van der Waals surface area contributed by atoms with Crippen molar-refractivity contribution in [3.63, 3.8) is 0 Å². The Kier molecular flexibility index (Phi) is 5.98. The molecule has 0 aliphatic carbocycles. The average Bonchev–Trinajstić information content (AvgIpc) is 3.02. The largest absolute Gasteiger partial charge is 0.494 e. The van der Waals surface area contributed by atoms with Crippen molar-refractivity contribution in [2.45, 2.75) is 51.9 Å². The molecule has 23 heavy (non-hydrogen) atoms. The lowest BCUT2D eigenvalue weighted by molar-refractivity contribution is -0.151. The van der Waals surface area contributed by atoms with Crippen molar-refractivity contribution in [3.05, 3.63) is 29.3 Å². The Labute approximate surface area is 135 Å². The standard InChI is InChI=1S/C17H23NO5/c1-3-8-22-13-5-4-12(11(2)9-13)10-18-16(19)14-6-7-15(23-14)17(20)21/h4-5,9,14-15H,3,6-8,10H2,1-2H3,(H,18,19)(H,20,21)/t14-,15+/m0/s1. The van der Waals surface area contributed by atoms with Gasteiger partial charge in [-0.2, -0.15) is 0 Å². The summed E-state index contributed by atoms with van der Waals surface area (Å²) in [6.45, 7) is 5.08. The zero-order chi connectivity index (χ0) is 16.8. The first-order valence-electron chi connectivity index (χ1n) is 7.89. The second kappa shape index (κ2) is 7.97. The van der Waals surface area contributed by atoms with Crippen molar-refractivity contribution in [1.82, 2.24) is 5.32 Å². The number of carboxylic acid groups (broad SMARTS) is 1. The summed E-state index contributed by atoms with van der Waals surface area (Å²) in [6.07, 6.45) is 0.211. The smallest absolute Gasteiger partial charge is 0.332 e. The van der Waals surface area contributed by atoms with Gasteiger partial charge in [-0.25, -0.2) is 4.79 Å². The number of amides is 1. The normalized spacial score (nSPS) is 20.3. The topological polar surface area (TPSA) is 84.9 Å². The van der Waals surface area contributed by atoms with E-state index in [9.17, 15) is 9.59 Å². The quantitative estimate of drug-likeness (QED) is 0.803. The number of carbonyl (C=O) groups is 2. The summed E-state index contributed by atoms with van der Waals surface area (Å²) in [6, 6.07) is 5.76. The number of benzene rings is 1. The maximum Gasteiger partial charge on any atom is 0.332 e. The monoisotopic (exact) mass is 321 g/mol. The van der Waals surface area contributed by atoms with Gasteiger partial charge in [0.15, 0.2) is 6.10 Å². The van der Waals surface area contributed by atoms with Crippen LogP contribution in [0.1, 0.15) is 37.3 Å². The lowest BCUT2D eigenvalue weighted by Gasteiger charge is -2.14. The summed E-state index contributed by atoms with van der Waals surface area (Å²) in [4.78, 5) is 22.9. The molecule has 0 unspecified atom stereocenters. The minimum Gasteiger partial charge on any atom is -0.494 e. The maximum absolute atomic E-state index is 12.1. The van der Waals surface area contributed by atoms with Crippen LogP contribution in [-0.2, 0) is 20.9 Å². The van der Waals surface area contributed by atoms with Gasteiger partial charge in [-0.1, -0.05) is 13.0 Å². The van der Waals surface area contributed by atoms with E-state index in [2.05, 4.69) is 12.2 Å². The molecule has 0 bridgehead atoms. The molecule has 2 N–H and O–H groups in total. The van der Waals surface area contributed by atoms with E-state index >= 15 is 0 Å². The van der Waals surface area contributed by atoms with Crippen molar-refractivity contribution in [2.24, 2.45) is 0 Å². The molecule has 1 heterocycles. The van der Waals surface area contributed by atoms with E-state index in [1.807, 2.05) is 25.1 Å². The molecule has 1 aliphatic rings. The van der Waals surface area contributed by atoms with Crippen molar-refractivity contribution in [1.29, 1.82) is 0 Å². The third kappa shape index (κ3) is 4.69. The summed E-state index contributed by atoms with van der Waals surface area (Å²) < 4.78 is 10.8. The van der Waals surface area contributed by atoms with Crippen LogP contribution in [0.2, 0.25) is 0 Å². The molecule has 1 aromatic carbocycles. The van der Waals surface area contributed by atoms with Crippen LogP contribution in [0, 0.1) is 6.92 Å². The van der Waals surface area contributed by atoms with E-state index < -0.39 is 18.2 Å². The Balaban J connectivity index is 1.86. The third-order valence-electron chi connectivity index (χ3n) is 3.83. The fourth-order valence-electron chi connectivity index (χ4n) is 2.48. The fourth-order valence-corrected chi connectivity index (χ4v) is 2.48. The van der Waals surface area contributed by atoms with Gasteiger partial charge in [0, 0.05) is 6.54 Å². The lowest BCUT2D eigenvalue weighted by Crippen LogP contribution is -2.35. The van der Waals surface area contributed by atoms with E-state index in [1.54, 1.807) is 0 Å². The molecule has 2 atom stereocenters. The molecular weight excluding hydrogens is 298 g/mol. The van der Waals surface area contributed by atoms with Gasteiger partial charge in [0.2, 0.25) is 5.91 Å². The number of hydrogen-bond acceptors (Lipinski definition) is 4. The van der Waals surface area contributed by atoms with Gasteiger partial charge in [-0.05, 0) is 49.4 Å². The summed E-state index contributed by atoms with van der Waals surface area (Å²) >= 11 is 0. The first kappa shape index (κ1) is 17.3. The number of aryl methyl sites for hydroxylation is 1. The first-order chi connectivity index (χ1) is 11.0. The Hall–Kier alpha value is -2.08. The Morgan fingerprint density at radius 1 is 1.35 bits per heavy atom. The highest BCUT2D eigenvalue weighted by Gasteiger charge is 2.34. The fraction of sp³-hybridized carbons (Fsp3) is 0.529. The first-order valence-corrected chi connectivity index (χ1v) is 7.89. The number of hydrogen-bond donors (Lipinski definition) is 2. The molecule has 1 aromatic rings. The molecule has 126 valence electrons. The average molecular weight is 321 g/mol. The second-order valence-electron chi connectivity index (χ2n) is 5.68. The number of aliphatic carboxylic acids is 1. The van der Waals surface area contributed by atoms with E-state index in [0.29, 0.717) is 26.0 Å². The Morgan fingerprint density at radius 3 is 2.70 bits per heavy atom. The number of carbonyl (C=O) groups excluding carboxylic acids is 1. The van der Waals surface area contributed by atoms with Crippen LogP contribution in [0.3, 0.4) is 0 Å².